The van der Waals surface area contributed by atoms with E-state index in [9.17, 15) is 4.79 Å². The van der Waals surface area contributed by atoms with E-state index in [1.165, 1.54) is 29.5 Å². The first-order valence-electron chi connectivity index (χ1n) is 7.42. The van der Waals surface area contributed by atoms with E-state index in [0.29, 0.717) is 27.8 Å². The van der Waals surface area contributed by atoms with Gasteiger partial charge in [-0.2, -0.15) is 4.68 Å². The molecular weight excluding hydrogens is 342 g/mol. The predicted molar refractivity (Wildman–Crippen MR) is 94.0 cm³/mol. The van der Waals surface area contributed by atoms with Crippen molar-refractivity contribution in [3.63, 3.8) is 0 Å². The Morgan fingerprint density at radius 3 is 2.68 bits per heavy atom. The van der Waals surface area contributed by atoms with E-state index >= 15 is 0 Å². The van der Waals surface area contributed by atoms with Crippen molar-refractivity contribution in [3.05, 3.63) is 40.5 Å². The molecule has 0 aliphatic heterocycles. The number of tetrazole rings is 1. The van der Waals surface area contributed by atoms with Gasteiger partial charge in [0.05, 0.1) is 25.5 Å². The summed E-state index contributed by atoms with van der Waals surface area (Å²) >= 11 is 1.46. The second-order valence-electron chi connectivity index (χ2n) is 5.24. The maximum absolute atomic E-state index is 12.9. The molecule has 0 saturated heterocycles. The van der Waals surface area contributed by atoms with E-state index < -0.39 is 0 Å². The fourth-order valence-electron chi connectivity index (χ4n) is 2.38. The zero-order valence-corrected chi connectivity index (χ0v) is 15.0. The number of benzene rings is 1. The Hall–Kier alpha value is -2.94. The second-order valence-corrected chi connectivity index (χ2v) is 6.44. The lowest BCUT2D eigenvalue weighted by molar-refractivity contribution is 0.102. The Labute approximate surface area is 148 Å². The molecule has 1 aromatic carbocycles. The van der Waals surface area contributed by atoms with Crippen LogP contribution in [0.1, 0.15) is 20.8 Å². The molecule has 0 atom stereocenters. The molecular formula is C16H17N5O3S. The van der Waals surface area contributed by atoms with Gasteiger partial charge in [0.2, 0.25) is 0 Å². The topological polar surface area (TPSA) is 91.2 Å². The number of methoxy groups -OCH3 is 2. The van der Waals surface area contributed by atoms with Crippen LogP contribution in [0.25, 0.3) is 5.00 Å². The first-order valence-corrected chi connectivity index (χ1v) is 8.23. The summed E-state index contributed by atoms with van der Waals surface area (Å²) in [4.78, 5) is 13.9. The molecule has 25 heavy (non-hydrogen) atoms. The molecule has 2 heterocycles. The standard InChI is InChI=1S/C16H17N5O3S/c1-9-10(2)25-16(21-8-17-19-20-21)14(9)15(22)18-12-6-5-11(23-3)7-13(12)24-4/h5-8H,1-4H3,(H,18,22). The molecule has 0 fully saturated rings. The highest BCUT2D eigenvalue weighted by molar-refractivity contribution is 7.15. The third kappa shape index (κ3) is 3.18. The summed E-state index contributed by atoms with van der Waals surface area (Å²) in [5.74, 6) is 0.906. The van der Waals surface area contributed by atoms with Crippen LogP contribution in [0.4, 0.5) is 5.69 Å². The highest BCUT2D eigenvalue weighted by Crippen LogP contribution is 2.33. The number of carbonyl (C=O) groups excluding carboxylic acids is 1. The van der Waals surface area contributed by atoms with Gasteiger partial charge >= 0.3 is 0 Å². The van der Waals surface area contributed by atoms with Gasteiger partial charge in [-0.15, -0.1) is 16.4 Å². The molecule has 3 rings (SSSR count). The van der Waals surface area contributed by atoms with Crippen LogP contribution >= 0.6 is 11.3 Å². The van der Waals surface area contributed by atoms with Crippen molar-refractivity contribution in [3.8, 4) is 16.5 Å². The molecule has 1 amide bonds. The molecule has 9 heteroatoms. The highest BCUT2D eigenvalue weighted by atomic mass is 32.1. The van der Waals surface area contributed by atoms with E-state index in [1.54, 1.807) is 25.3 Å². The maximum atomic E-state index is 12.9. The van der Waals surface area contributed by atoms with E-state index in [4.69, 9.17) is 9.47 Å². The number of carbonyl (C=O) groups is 1. The molecule has 3 aromatic rings. The molecule has 0 spiro atoms. The van der Waals surface area contributed by atoms with Gasteiger partial charge in [0.1, 0.15) is 22.8 Å². The smallest absolute Gasteiger partial charge is 0.259 e. The number of amides is 1. The zero-order valence-electron chi connectivity index (χ0n) is 14.2. The van der Waals surface area contributed by atoms with Crippen molar-refractivity contribution in [1.82, 2.24) is 20.2 Å². The SMILES string of the molecule is COc1ccc(NC(=O)c2c(-n3cnnn3)sc(C)c2C)c(OC)c1. The number of aryl methyl sites for hydroxylation is 1. The van der Waals surface area contributed by atoms with Gasteiger partial charge in [0, 0.05) is 10.9 Å². The minimum Gasteiger partial charge on any atom is -0.497 e. The van der Waals surface area contributed by atoms with E-state index in [0.717, 1.165) is 10.4 Å². The Bertz CT molecular complexity index is 905. The Morgan fingerprint density at radius 2 is 2.04 bits per heavy atom. The summed E-state index contributed by atoms with van der Waals surface area (Å²) in [6.07, 6.45) is 1.47. The monoisotopic (exact) mass is 359 g/mol. The van der Waals surface area contributed by atoms with E-state index in [-0.39, 0.29) is 5.91 Å². The number of ether oxygens (including phenoxy) is 2. The average Bonchev–Trinajstić information content (AvgIpc) is 3.24. The quantitative estimate of drug-likeness (QED) is 0.753. The molecule has 0 bridgehead atoms. The molecule has 0 aliphatic carbocycles. The first-order chi connectivity index (χ1) is 12.0. The summed E-state index contributed by atoms with van der Waals surface area (Å²) in [7, 11) is 3.11. The molecule has 8 nitrogen and oxygen atoms in total. The number of nitrogens with one attached hydrogen (secondary N) is 1. The van der Waals surface area contributed by atoms with Crippen molar-refractivity contribution < 1.29 is 14.3 Å². The van der Waals surface area contributed by atoms with Gasteiger partial charge < -0.3 is 14.8 Å². The van der Waals surface area contributed by atoms with Gasteiger partial charge in [0.25, 0.3) is 5.91 Å². The fourth-order valence-corrected chi connectivity index (χ4v) is 3.45. The van der Waals surface area contributed by atoms with Gasteiger partial charge in [-0.1, -0.05) is 0 Å². The number of rotatable bonds is 5. The minimum atomic E-state index is -0.254. The van der Waals surface area contributed by atoms with Crippen LogP contribution < -0.4 is 14.8 Å². The van der Waals surface area contributed by atoms with Crippen molar-refractivity contribution in [1.29, 1.82) is 0 Å². The molecule has 0 aliphatic rings. The summed E-state index contributed by atoms with van der Waals surface area (Å²) in [6, 6.07) is 5.20. The van der Waals surface area contributed by atoms with Crippen molar-refractivity contribution >= 4 is 22.9 Å². The zero-order chi connectivity index (χ0) is 18.0. The number of nitrogens with zero attached hydrogens (tertiary/aromatic N) is 4. The van der Waals surface area contributed by atoms with Crippen LogP contribution in [0, 0.1) is 13.8 Å². The maximum Gasteiger partial charge on any atom is 0.259 e. The van der Waals surface area contributed by atoms with E-state index in [1.807, 2.05) is 13.8 Å². The van der Waals surface area contributed by atoms with Crippen LogP contribution in [-0.2, 0) is 0 Å². The van der Waals surface area contributed by atoms with Crippen molar-refractivity contribution in [2.45, 2.75) is 13.8 Å². The summed E-state index contributed by atoms with van der Waals surface area (Å²) in [5.41, 5.74) is 1.98. The molecule has 0 unspecified atom stereocenters. The molecule has 1 N–H and O–H groups in total. The Kier molecular flexibility index (Phi) is 4.66. The Morgan fingerprint density at radius 1 is 1.24 bits per heavy atom. The molecule has 130 valence electrons. The van der Waals surface area contributed by atoms with E-state index in [2.05, 4.69) is 20.8 Å². The summed E-state index contributed by atoms with van der Waals surface area (Å²) in [6.45, 7) is 3.86. The van der Waals surface area contributed by atoms with Crippen LogP contribution in [0.15, 0.2) is 24.5 Å². The van der Waals surface area contributed by atoms with Gasteiger partial charge in [-0.25, -0.2) is 0 Å². The van der Waals surface area contributed by atoms with Crippen LogP contribution in [0.5, 0.6) is 11.5 Å². The third-order valence-corrected chi connectivity index (χ3v) is 5.00. The minimum absolute atomic E-state index is 0.254. The molecule has 0 radical (unpaired) electrons. The first kappa shape index (κ1) is 16.9. The van der Waals surface area contributed by atoms with Crippen LogP contribution in [0.2, 0.25) is 0 Å². The van der Waals surface area contributed by atoms with Crippen LogP contribution in [0.3, 0.4) is 0 Å². The number of anilines is 1. The lowest BCUT2D eigenvalue weighted by Crippen LogP contribution is -2.15. The summed E-state index contributed by atoms with van der Waals surface area (Å²) < 4.78 is 12.0. The second kappa shape index (κ2) is 6.89. The molecule has 2 aromatic heterocycles. The lowest BCUT2D eigenvalue weighted by Gasteiger charge is -2.12. The normalized spacial score (nSPS) is 10.6. The number of hydrogen-bond donors (Lipinski definition) is 1. The van der Waals surface area contributed by atoms with Crippen molar-refractivity contribution in [2.75, 3.05) is 19.5 Å². The number of hydrogen-bond acceptors (Lipinski definition) is 7. The molecule has 0 saturated carbocycles. The Balaban J connectivity index is 1.98. The third-order valence-electron chi connectivity index (χ3n) is 3.81. The number of thiophene rings is 1. The average molecular weight is 359 g/mol. The van der Waals surface area contributed by atoms with Gasteiger partial charge in [-0.3, -0.25) is 4.79 Å². The summed E-state index contributed by atoms with van der Waals surface area (Å²) in [5, 5.41) is 14.7. The van der Waals surface area contributed by atoms with Crippen LogP contribution in [-0.4, -0.2) is 40.3 Å². The van der Waals surface area contributed by atoms with Gasteiger partial charge in [0.15, 0.2) is 0 Å². The largest absolute Gasteiger partial charge is 0.497 e. The van der Waals surface area contributed by atoms with Crippen molar-refractivity contribution in [2.24, 2.45) is 0 Å². The highest BCUT2D eigenvalue weighted by Gasteiger charge is 2.22. The fraction of sp³-hybridized carbons (Fsp3) is 0.250. The predicted octanol–water partition coefficient (Wildman–Crippen LogP) is 2.61. The number of aromatic nitrogens is 4. The lowest BCUT2D eigenvalue weighted by atomic mass is 10.1. The van der Waals surface area contributed by atoms with Gasteiger partial charge in [-0.05, 0) is 42.0 Å².